The largest absolute Gasteiger partial charge is 0.463 e. The summed E-state index contributed by atoms with van der Waals surface area (Å²) in [6, 6.07) is 16.1. The van der Waals surface area contributed by atoms with Gasteiger partial charge in [-0.1, -0.05) is 30.3 Å². The van der Waals surface area contributed by atoms with E-state index in [-0.39, 0.29) is 11.9 Å². The number of aromatic nitrogens is 3. The summed E-state index contributed by atoms with van der Waals surface area (Å²) in [4.78, 5) is 20.5. The Morgan fingerprint density at radius 1 is 1.20 bits per heavy atom. The van der Waals surface area contributed by atoms with Gasteiger partial charge in [-0.2, -0.15) is 5.10 Å². The average Bonchev–Trinajstić information content (AvgIpc) is 3.50. The van der Waals surface area contributed by atoms with Crippen molar-refractivity contribution in [3.8, 4) is 11.5 Å². The molecule has 0 radical (unpaired) electrons. The standard InChI is InChI=1S/C24H24N4O2/c1-16-22-19(15-20(21-11-7-13-30-21)25-23(22)27(2)26-16)24(29)28-12-6-10-18(28)14-17-8-4-3-5-9-17/h3-5,7-9,11,13,15,18H,6,10,12,14H2,1-2H3. The fourth-order valence-electron chi connectivity index (χ4n) is 4.52. The minimum atomic E-state index is 0.0461. The molecular weight excluding hydrogens is 376 g/mol. The van der Waals surface area contributed by atoms with Crippen LogP contribution in [0, 0.1) is 6.92 Å². The molecule has 3 aromatic heterocycles. The number of aryl methyl sites for hydroxylation is 2. The summed E-state index contributed by atoms with van der Waals surface area (Å²) < 4.78 is 7.29. The molecule has 0 bridgehead atoms. The van der Waals surface area contributed by atoms with Crippen molar-refractivity contribution in [2.24, 2.45) is 7.05 Å². The molecule has 1 aliphatic rings. The summed E-state index contributed by atoms with van der Waals surface area (Å²) in [6.45, 7) is 2.70. The van der Waals surface area contributed by atoms with Crippen LogP contribution in [0.5, 0.6) is 0 Å². The number of rotatable bonds is 4. The van der Waals surface area contributed by atoms with Crippen molar-refractivity contribution in [2.75, 3.05) is 6.54 Å². The van der Waals surface area contributed by atoms with Crippen LogP contribution in [0.1, 0.15) is 34.5 Å². The lowest BCUT2D eigenvalue weighted by atomic mass is 10.0. The molecule has 6 heteroatoms. The fourth-order valence-corrected chi connectivity index (χ4v) is 4.52. The van der Waals surface area contributed by atoms with Crippen LogP contribution in [0.4, 0.5) is 0 Å². The van der Waals surface area contributed by atoms with E-state index in [1.165, 1.54) is 5.56 Å². The highest BCUT2D eigenvalue weighted by atomic mass is 16.3. The summed E-state index contributed by atoms with van der Waals surface area (Å²) in [5.74, 6) is 0.691. The zero-order valence-electron chi connectivity index (χ0n) is 17.2. The van der Waals surface area contributed by atoms with Gasteiger partial charge < -0.3 is 9.32 Å². The van der Waals surface area contributed by atoms with Gasteiger partial charge >= 0.3 is 0 Å². The third-order valence-electron chi connectivity index (χ3n) is 5.92. The van der Waals surface area contributed by atoms with Crippen LogP contribution in [0.2, 0.25) is 0 Å². The summed E-state index contributed by atoms with van der Waals surface area (Å²) >= 11 is 0. The summed E-state index contributed by atoms with van der Waals surface area (Å²) in [7, 11) is 1.86. The number of hydrogen-bond acceptors (Lipinski definition) is 4. The van der Waals surface area contributed by atoms with Crippen LogP contribution in [-0.4, -0.2) is 38.2 Å². The van der Waals surface area contributed by atoms with E-state index in [9.17, 15) is 4.79 Å². The first kappa shape index (κ1) is 18.6. The number of nitrogens with zero attached hydrogens (tertiary/aromatic N) is 4. The van der Waals surface area contributed by atoms with Crippen molar-refractivity contribution in [2.45, 2.75) is 32.2 Å². The lowest BCUT2D eigenvalue weighted by molar-refractivity contribution is 0.0738. The second-order valence-corrected chi connectivity index (χ2v) is 7.92. The first-order valence-corrected chi connectivity index (χ1v) is 10.3. The SMILES string of the molecule is Cc1nn(C)c2nc(-c3ccco3)cc(C(=O)N3CCCC3Cc3ccccc3)c12. The zero-order chi connectivity index (χ0) is 20.7. The monoisotopic (exact) mass is 400 g/mol. The smallest absolute Gasteiger partial charge is 0.255 e. The van der Waals surface area contributed by atoms with E-state index >= 15 is 0 Å². The molecule has 1 atom stereocenters. The first-order chi connectivity index (χ1) is 14.6. The van der Waals surface area contributed by atoms with Gasteiger partial charge in [-0.25, -0.2) is 4.98 Å². The van der Waals surface area contributed by atoms with Gasteiger partial charge in [0, 0.05) is 19.6 Å². The minimum absolute atomic E-state index is 0.0461. The zero-order valence-corrected chi connectivity index (χ0v) is 17.2. The Balaban J connectivity index is 1.57. The molecule has 0 spiro atoms. The van der Waals surface area contributed by atoms with Crippen LogP contribution in [-0.2, 0) is 13.5 Å². The van der Waals surface area contributed by atoms with E-state index in [1.807, 2.05) is 43.1 Å². The second-order valence-electron chi connectivity index (χ2n) is 7.92. The molecule has 1 unspecified atom stereocenters. The highest BCUT2D eigenvalue weighted by Crippen LogP contribution is 2.30. The molecular formula is C24H24N4O2. The summed E-state index contributed by atoms with van der Waals surface area (Å²) in [6.07, 6.45) is 4.53. The third kappa shape index (κ3) is 3.18. The van der Waals surface area contributed by atoms with Gasteiger partial charge in [0.05, 0.1) is 22.9 Å². The molecule has 5 rings (SSSR count). The van der Waals surface area contributed by atoms with Crippen molar-refractivity contribution >= 4 is 16.9 Å². The van der Waals surface area contributed by atoms with Crippen molar-refractivity contribution in [1.82, 2.24) is 19.7 Å². The highest BCUT2D eigenvalue weighted by molar-refractivity contribution is 6.07. The second kappa shape index (κ2) is 7.44. The lowest BCUT2D eigenvalue weighted by Crippen LogP contribution is -2.37. The van der Waals surface area contributed by atoms with Crippen LogP contribution < -0.4 is 0 Å². The molecule has 1 aliphatic heterocycles. The van der Waals surface area contributed by atoms with Gasteiger partial charge in [-0.15, -0.1) is 0 Å². The van der Waals surface area contributed by atoms with E-state index in [2.05, 4.69) is 29.4 Å². The molecule has 1 amide bonds. The van der Waals surface area contributed by atoms with Crippen molar-refractivity contribution in [3.63, 3.8) is 0 Å². The quantitative estimate of drug-likeness (QED) is 0.510. The predicted octanol–water partition coefficient (Wildman–Crippen LogP) is 4.38. The number of pyridine rings is 1. The Morgan fingerprint density at radius 3 is 2.80 bits per heavy atom. The molecule has 0 aliphatic carbocycles. The van der Waals surface area contributed by atoms with Crippen molar-refractivity contribution < 1.29 is 9.21 Å². The van der Waals surface area contributed by atoms with E-state index < -0.39 is 0 Å². The van der Waals surface area contributed by atoms with Gasteiger partial charge in [-0.3, -0.25) is 9.48 Å². The molecule has 152 valence electrons. The number of fused-ring (bicyclic) bond motifs is 1. The van der Waals surface area contributed by atoms with Crippen LogP contribution in [0.25, 0.3) is 22.5 Å². The molecule has 1 fully saturated rings. The van der Waals surface area contributed by atoms with Gasteiger partial charge in [0.1, 0.15) is 5.69 Å². The minimum Gasteiger partial charge on any atom is -0.463 e. The van der Waals surface area contributed by atoms with Gasteiger partial charge in [0.25, 0.3) is 5.91 Å². The Kier molecular flexibility index (Phi) is 4.62. The maximum atomic E-state index is 13.8. The molecule has 6 nitrogen and oxygen atoms in total. The molecule has 30 heavy (non-hydrogen) atoms. The predicted molar refractivity (Wildman–Crippen MR) is 115 cm³/mol. The molecule has 4 aromatic rings. The normalized spacial score (nSPS) is 16.5. The molecule has 0 N–H and O–H groups in total. The first-order valence-electron chi connectivity index (χ1n) is 10.3. The van der Waals surface area contributed by atoms with Gasteiger partial charge in [0.2, 0.25) is 0 Å². The Labute approximate surface area is 175 Å². The Morgan fingerprint density at radius 2 is 2.03 bits per heavy atom. The maximum Gasteiger partial charge on any atom is 0.255 e. The Bertz CT molecular complexity index is 1200. The average molecular weight is 400 g/mol. The number of furan rings is 1. The molecule has 1 aromatic carbocycles. The Hall–Kier alpha value is -3.41. The molecule has 1 saturated heterocycles. The highest BCUT2D eigenvalue weighted by Gasteiger charge is 2.32. The van der Waals surface area contributed by atoms with E-state index in [0.29, 0.717) is 22.7 Å². The molecule has 0 saturated carbocycles. The number of carbonyl (C=O) groups excluding carboxylic acids is 1. The van der Waals surface area contributed by atoms with Crippen molar-refractivity contribution in [1.29, 1.82) is 0 Å². The summed E-state index contributed by atoms with van der Waals surface area (Å²) in [5, 5.41) is 5.34. The van der Waals surface area contributed by atoms with Crippen molar-refractivity contribution in [3.05, 3.63) is 71.6 Å². The number of hydrogen-bond donors (Lipinski definition) is 0. The number of likely N-dealkylation sites (tertiary alicyclic amines) is 1. The van der Waals surface area contributed by atoms with Gasteiger partial charge in [-0.05, 0) is 49.9 Å². The van der Waals surface area contributed by atoms with E-state index in [1.54, 1.807) is 10.9 Å². The van der Waals surface area contributed by atoms with E-state index in [4.69, 9.17) is 9.40 Å². The number of benzene rings is 1. The summed E-state index contributed by atoms with van der Waals surface area (Å²) in [5.41, 5.74) is 4.07. The lowest BCUT2D eigenvalue weighted by Gasteiger charge is -2.25. The number of amides is 1. The van der Waals surface area contributed by atoms with Crippen LogP contribution >= 0.6 is 0 Å². The van der Waals surface area contributed by atoms with E-state index in [0.717, 1.165) is 36.9 Å². The maximum absolute atomic E-state index is 13.8. The number of carbonyl (C=O) groups is 1. The topological polar surface area (TPSA) is 64.2 Å². The fraction of sp³-hybridized carbons (Fsp3) is 0.292. The van der Waals surface area contributed by atoms with Crippen LogP contribution in [0.15, 0.2) is 59.2 Å². The molecule has 4 heterocycles. The van der Waals surface area contributed by atoms with Crippen LogP contribution in [0.3, 0.4) is 0 Å². The third-order valence-corrected chi connectivity index (χ3v) is 5.92. The van der Waals surface area contributed by atoms with Gasteiger partial charge in [0.15, 0.2) is 11.4 Å².